The number of nitrogens with zero attached hydrogens (tertiary/aromatic N) is 1. The van der Waals surface area contributed by atoms with E-state index in [0.717, 1.165) is 41.9 Å². The van der Waals surface area contributed by atoms with Crippen LogP contribution in [0.15, 0.2) is 24.3 Å². The molecule has 0 aromatic heterocycles. The maximum absolute atomic E-state index is 11.2. The minimum atomic E-state index is -0.154. The number of hydrogen-bond donors (Lipinski definition) is 0. The van der Waals surface area contributed by atoms with Gasteiger partial charge in [-0.3, -0.25) is 9.69 Å². The van der Waals surface area contributed by atoms with Crippen LogP contribution in [0.2, 0.25) is 0 Å². The molecule has 0 spiro atoms. The number of halogens is 1. The summed E-state index contributed by atoms with van der Waals surface area (Å²) in [6, 6.07) is 8.07. The molecule has 2 rings (SSSR count). The van der Waals surface area contributed by atoms with Crippen molar-refractivity contribution in [2.45, 2.75) is 12.8 Å². The highest BCUT2D eigenvalue weighted by molar-refractivity contribution is 14.1. The highest BCUT2D eigenvalue weighted by atomic mass is 127. The van der Waals surface area contributed by atoms with Gasteiger partial charge in [-0.1, -0.05) is 12.1 Å². The van der Waals surface area contributed by atoms with Gasteiger partial charge in [0.2, 0.25) is 0 Å². The molecule has 1 saturated heterocycles. The van der Waals surface area contributed by atoms with Crippen molar-refractivity contribution in [1.29, 1.82) is 0 Å². The molecule has 1 aliphatic heterocycles. The molecule has 110 valence electrons. The Morgan fingerprint density at radius 2 is 2.05 bits per heavy atom. The van der Waals surface area contributed by atoms with Crippen molar-refractivity contribution in [2.24, 2.45) is 5.92 Å². The van der Waals surface area contributed by atoms with Crippen molar-refractivity contribution in [3.8, 4) is 5.75 Å². The lowest BCUT2D eigenvalue weighted by atomic mass is 9.98. The van der Waals surface area contributed by atoms with Crippen molar-refractivity contribution < 1.29 is 14.3 Å². The summed E-state index contributed by atoms with van der Waals surface area (Å²) in [5, 5.41) is 0. The van der Waals surface area contributed by atoms with Crippen molar-refractivity contribution in [1.82, 2.24) is 4.90 Å². The molecule has 1 aromatic carbocycles. The molecule has 0 amide bonds. The molecule has 0 atom stereocenters. The van der Waals surface area contributed by atoms with Crippen LogP contribution in [0, 0.1) is 9.49 Å². The van der Waals surface area contributed by atoms with Crippen LogP contribution in [-0.2, 0) is 9.53 Å². The van der Waals surface area contributed by atoms with Crippen molar-refractivity contribution >= 4 is 28.6 Å². The zero-order valence-electron chi connectivity index (χ0n) is 11.7. The number of esters is 1. The third-order valence-electron chi connectivity index (χ3n) is 3.60. The van der Waals surface area contributed by atoms with Crippen LogP contribution in [-0.4, -0.2) is 44.2 Å². The van der Waals surface area contributed by atoms with Gasteiger partial charge in [-0.05, 0) is 66.6 Å². The quantitative estimate of drug-likeness (QED) is 0.573. The molecule has 0 aliphatic carbocycles. The lowest BCUT2D eigenvalue weighted by molar-refractivity contribution is -0.142. The van der Waals surface area contributed by atoms with Crippen LogP contribution < -0.4 is 4.74 Å². The molecule has 20 heavy (non-hydrogen) atoms. The molecule has 1 aliphatic rings. The maximum atomic E-state index is 11.2. The zero-order chi connectivity index (χ0) is 14.4. The zero-order valence-corrected chi connectivity index (χ0v) is 13.8. The van der Waals surface area contributed by atoms with E-state index in [1.807, 2.05) is 18.2 Å². The molecular formula is C15H20INO3. The molecule has 1 aromatic rings. The topological polar surface area (TPSA) is 38.8 Å². The molecule has 1 fully saturated rings. The molecule has 0 radical (unpaired) electrons. The Balaban J connectivity index is 1.72. The molecular weight excluding hydrogens is 369 g/mol. The van der Waals surface area contributed by atoms with Crippen molar-refractivity contribution in [3.63, 3.8) is 0 Å². The van der Waals surface area contributed by atoms with Crippen LogP contribution in [0.5, 0.6) is 5.75 Å². The molecule has 0 unspecified atom stereocenters. The smallest absolute Gasteiger partial charge is 0.319 e. The van der Waals surface area contributed by atoms with Gasteiger partial charge in [0.15, 0.2) is 0 Å². The number of para-hydroxylation sites is 1. The van der Waals surface area contributed by atoms with E-state index in [2.05, 4.69) is 33.6 Å². The first kappa shape index (κ1) is 15.6. The highest BCUT2D eigenvalue weighted by Gasteiger charge is 2.21. The van der Waals surface area contributed by atoms with Gasteiger partial charge in [-0.15, -0.1) is 0 Å². The first-order chi connectivity index (χ1) is 9.69. The summed E-state index contributed by atoms with van der Waals surface area (Å²) in [7, 11) is 1.43. The number of carbonyl (C=O) groups is 1. The van der Waals surface area contributed by atoms with Gasteiger partial charge >= 0.3 is 5.97 Å². The SMILES string of the molecule is COC(=O)CN1CCC(COc2ccccc2I)CC1. The third kappa shape index (κ3) is 4.63. The van der Waals surface area contributed by atoms with E-state index < -0.39 is 0 Å². The number of hydrogen-bond acceptors (Lipinski definition) is 4. The largest absolute Gasteiger partial charge is 0.492 e. The van der Waals surface area contributed by atoms with Gasteiger partial charge in [0.1, 0.15) is 5.75 Å². The summed E-state index contributed by atoms with van der Waals surface area (Å²) in [4.78, 5) is 13.4. The van der Waals surface area contributed by atoms with Gasteiger partial charge < -0.3 is 9.47 Å². The Bertz CT molecular complexity index is 444. The summed E-state index contributed by atoms with van der Waals surface area (Å²) >= 11 is 2.29. The molecule has 5 heteroatoms. The Kier molecular flexibility index (Phi) is 6.09. The molecule has 0 N–H and O–H groups in total. The Hall–Kier alpha value is -0.820. The standard InChI is InChI=1S/C15H20INO3/c1-19-15(18)10-17-8-6-12(7-9-17)11-20-14-5-3-2-4-13(14)16/h2-5,12H,6-11H2,1H3. The van der Waals surface area contributed by atoms with Crippen LogP contribution in [0.4, 0.5) is 0 Å². The van der Waals surface area contributed by atoms with E-state index in [-0.39, 0.29) is 5.97 Å². The average Bonchev–Trinajstić information content (AvgIpc) is 2.48. The van der Waals surface area contributed by atoms with Gasteiger partial charge in [0, 0.05) is 0 Å². The summed E-state index contributed by atoms with van der Waals surface area (Å²) in [6.45, 7) is 3.04. The number of piperidine rings is 1. The van der Waals surface area contributed by atoms with E-state index in [9.17, 15) is 4.79 Å². The Morgan fingerprint density at radius 1 is 1.35 bits per heavy atom. The molecule has 4 nitrogen and oxygen atoms in total. The summed E-state index contributed by atoms with van der Waals surface area (Å²) in [5.41, 5.74) is 0. The van der Waals surface area contributed by atoms with Crippen LogP contribution in [0.25, 0.3) is 0 Å². The summed E-state index contributed by atoms with van der Waals surface area (Å²) in [6.07, 6.45) is 2.14. The van der Waals surface area contributed by atoms with E-state index >= 15 is 0 Å². The summed E-state index contributed by atoms with van der Waals surface area (Å²) < 4.78 is 11.7. The highest BCUT2D eigenvalue weighted by Crippen LogP contribution is 2.23. The maximum Gasteiger partial charge on any atom is 0.319 e. The normalized spacial score (nSPS) is 16.9. The lowest BCUT2D eigenvalue weighted by Gasteiger charge is -2.30. The number of benzene rings is 1. The fourth-order valence-corrected chi connectivity index (χ4v) is 2.87. The predicted molar refractivity (Wildman–Crippen MR) is 85.8 cm³/mol. The summed E-state index contributed by atoms with van der Waals surface area (Å²) in [5.74, 6) is 1.38. The number of methoxy groups -OCH3 is 1. The molecule has 1 heterocycles. The van der Waals surface area contributed by atoms with Crippen molar-refractivity contribution in [3.05, 3.63) is 27.8 Å². The van der Waals surface area contributed by atoms with Gasteiger partial charge in [0.25, 0.3) is 0 Å². The van der Waals surface area contributed by atoms with Gasteiger partial charge in [-0.25, -0.2) is 0 Å². The third-order valence-corrected chi connectivity index (χ3v) is 4.49. The number of ether oxygens (including phenoxy) is 2. The second-order valence-electron chi connectivity index (χ2n) is 5.04. The van der Waals surface area contributed by atoms with Crippen molar-refractivity contribution in [2.75, 3.05) is 33.4 Å². The van der Waals surface area contributed by atoms with E-state index in [1.54, 1.807) is 0 Å². The number of rotatable bonds is 5. The Labute approximate surface area is 133 Å². The fourth-order valence-electron chi connectivity index (χ4n) is 2.33. The monoisotopic (exact) mass is 389 g/mol. The minimum Gasteiger partial charge on any atom is -0.492 e. The van der Waals surface area contributed by atoms with E-state index in [4.69, 9.17) is 9.47 Å². The predicted octanol–water partition coefficient (Wildman–Crippen LogP) is 2.56. The van der Waals surface area contributed by atoms with Gasteiger partial charge in [0.05, 0.1) is 23.8 Å². The Morgan fingerprint density at radius 3 is 2.70 bits per heavy atom. The van der Waals surface area contributed by atoms with Crippen LogP contribution in [0.3, 0.4) is 0 Å². The van der Waals surface area contributed by atoms with Crippen LogP contribution >= 0.6 is 22.6 Å². The number of carbonyl (C=O) groups excluding carboxylic acids is 1. The average molecular weight is 389 g/mol. The first-order valence-electron chi connectivity index (χ1n) is 6.85. The number of likely N-dealkylation sites (tertiary alicyclic amines) is 1. The molecule has 0 bridgehead atoms. The first-order valence-corrected chi connectivity index (χ1v) is 7.93. The fraction of sp³-hybridized carbons (Fsp3) is 0.533. The second-order valence-corrected chi connectivity index (χ2v) is 6.20. The molecule has 0 saturated carbocycles. The van der Waals surface area contributed by atoms with Gasteiger partial charge in [-0.2, -0.15) is 0 Å². The van der Waals surface area contributed by atoms with E-state index in [1.165, 1.54) is 7.11 Å². The van der Waals surface area contributed by atoms with E-state index in [0.29, 0.717) is 12.5 Å². The second kappa shape index (κ2) is 7.83. The van der Waals surface area contributed by atoms with Crippen LogP contribution in [0.1, 0.15) is 12.8 Å². The minimum absolute atomic E-state index is 0.154. The lowest BCUT2D eigenvalue weighted by Crippen LogP contribution is -2.39.